The third-order valence-electron chi connectivity index (χ3n) is 2.59. The number of benzene rings is 1. The van der Waals surface area contributed by atoms with Gasteiger partial charge < -0.3 is 5.32 Å². The Morgan fingerprint density at radius 2 is 2.17 bits per heavy atom. The van der Waals surface area contributed by atoms with Crippen LogP contribution in [0.4, 0.5) is 4.39 Å². The molecule has 1 N–H and O–H groups in total. The second-order valence-corrected chi connectivity index (χ2v) is 5.20. The zero-order valence-corrected chi connectivity index (χ0v) is 11.4. The van der Waals surface area contributed by atoms with E-state index in [-0.39, 0.29) is 5.82 Å². The molecule has 0 saturated carbocycles. The topological polar surface area (TPSA) is 37.8 Å². The zero-order chi connectivity index (χ0) is 13.0. The molecule has 1 aromatic carbocycles. The second-order valence-electron chi connectivity index (χ2n) is 4.14. The lowest BCUT2D eigenvalue weighted by molar-refractivity contribution is 0.627. The third-order valence-corrected chi connectivity index (χ3v) is 3.55. The molecule has 0 saturated heterocycles. The van der Waals surface area contributed by atoms with E-state index in [1.165, 1.54) is 12.1 Å². The van der Waals surface area contributed by atoms with Crippen molar-refractivity contribution in [1.29, 1.82) is 0 Å². The van der Waals surface area contributed by atoms with Crippen LogP contribution in [0.1, 0.15) is 23.9 Å². The van der Waals surface area contributed by atoms with Gasteiger partial charge >= 0.3 is 0 Å². The number of aryl methyl sites for hydroxylation is 1. The lowest BCUT2D eigenvalue weighted by Gasteiger charge is -2.00. The molecule has 2 rings (SSSR count). The summed E-state index contributed by atoms with van der Waals surface area (Å²) in [6, 6.07) is 4.74. The summed E-state index contributed by atoms with van der Waals surface area (Å²) in [7, 11) is 0. The molecule has 0 radical (unpaired) electrons. The summed E-state index contributed by atoms with van der Waals surface area (Å²) >= 11 is 1.55. The normalized spacial score (nSPS) is 10.8. The van der Waals surface area contributed by atoms with Crippen molar-refractivity contribution in [1.82, 2.24) is 15.5 Å². The Morgan fingerprint density at radius 3 is 2.89 bits per heavy atom. The van der Waals surface area contributed by atoms with E-state index in [2.05, 4.69) is 22.4 Å². The first kappa shape index (κ1) is 13.1. The molecular formula is C13H16FN3S. The molecule has 0 fully saturated rings. The number of halogens is 1. The molecule has 1 aromatic heterocycles. The van der Waals surface area contributed by atoms with Crippen molar-refractivity contribution in [2.24, 2.45) is 0 Å². The van der Waals surface area contributed by atoms with Gasteiger partial charge in [0.2, 0.25) is 0 Å². The van der Waals surface area contributed by atoms with Crippen LogP contribution in [0.3, 0.4) is 0 Å². The Labute approximate surface area is 110 Å². The summed E-state index contributed by atoms with van der Waals surface area (Å²) in [5.41, 5.74) is 1.84. The predicted molar refractivity (Wildman–Crippen MR) is 72.0 cm³/mol. The first-order chi connectivity index (χ1) is 8.70. The van der Waals surface area contributed by atoms with Gasteiger partial charge in [0.1, 0.15) is 15.8 Å². The van der Waals surface area contributed by atoms with E-state index < -0.39 is 0 Å². The van der Waals surface area contributed by atoms with Crippen LogP contribution in [0.25, 0.3) is 10.6 Å². The number of rotatable bonds is 5. The van der Waals surface area contributed by atoms with Crippen LogP contribution < -0.4 is 5.32 Å². The molecule has 18 heavy (non-hydrogen) atoms. The number of hydrogen-bond donors (Lipinski definition) is 1. The fourth-order valence-electron chi connectivity index (χ4n) is 1.67. The predicted octanol–water partition coefficient (Wildman–Crippen LogP) is 3.15. The van der Waals surface area contributed by atoms with E-state index in [0.29, 0.717) is 0 Å². The molecule has 96 valence electrons. The lowest BCUT2D eigenvalue weighted by atomic mass is 10.1. The second kappa shape index (κ2) is 6.02. The number of aromatic nitrogens is 2. The zero-order valence-electron chi connectivity index (χ0n) is 10.5. The minimum Gasteiger partial charge on any atom is -0.310 e. The number of nitrogens with zero attached hydrogens (tertiary/aromatic N) is 2. The first-order valence-electron chi connectivity index (χ1n) is 6.00. The van der Waals surface area contributed by atoms with Gasteiger partial charge in [0.05, 0.1) is 0 Å². The summed E-state index contributed by atoms with van der Waals surface area (Å²) in [6.45, 7) is 5.73. The third kappa shape index (κ3) is 3.11. The number of hydrogen-bond acceptors (Lipinski definition) is 4. The summed E-state index contributed by atoms with van der Waals surface area (Å²) in [5, 5.41) is 13.4. The van der Waals surface area contributed by atoms with Gasteiger partial charge in [0.15, 0.2) is 0 Å². The smallest absolute Gasteiger partial charge is 0.148 e. The maximum absolute atomic E-state index is 13.0. The largest absolute Gasteiger partial charge is 0.310 e. The quantitative estimate of drug-likeness (QED) is 0.844. The molecule has 0 amide bonds. The Bertz CT molecular complexity index is 525. The van der Waals surface area contributed by atoms with Crippen molar-refractivity contribution in [3.05, 3.63) is 34.6 Å². The molecule has 0 spiro atoms. The highest BCUT2D eigenvalue weighted by molar-refractivity contribution is 7.14. The summed E-state index contributed by atoms with van der Waals surface area (Å²) in [4.78, 5) is 0. The maximum atomic E-state index is 13.0. The molecule has 0 aliphatic carbocycles. The van der Waals surface area contributed by atoms with Crippen molar-refractivity contribution in [2.45, 2.75) is 26.8 Å². The molecule has 0 aliphatic rings. The van der Waals surface area contributed by atoms with Crippen LogP contribution in [-0.2, 0) is 6.54 Å². The Kier molecular flexibility index (Phi) is 4.38. The van der Waals surface area contributed by atoms with E-state index in [1.54, 1.807) is 17.4 Å². The Hall–Kier alpha value is -1.33. The highest BCUT2D eigenvalue weighted by Crippen LogP contribution is 2.26. The van der Waals surface area contributed by atoms with Crippen molar-refractivity contribution >= 4 is 11.3 Å². The summed E-state index contributed by atoms with van der Waals surface area (Å²) < 4.78 is 13.0. The van der Waals surface area contributed by atoms with Crippen molar-refractivity contribution < 1.29 is 4.39 Å². The molecule has 0 atom stereocenters. The standard InChI is InChI=1S/C13H16FN3S/c1-3-6-15-8-12-16-17-13(18-12)11-5-4-10(14)7-9(11)2/h4-5,7,15H,3,6,8H2,1-2H3. The fraction of sp³-hybridized carbons (Fsp3) is 0.385. The molecule has 5 heteroatoms. The van der Waals surface area contributed by atoms with Crippen molar-refractivity contribution in [3.63, 3.8) is 0 Å². The van der Waals surface area contributed by atoms with Crippen molar-refractivity contribution in [2.75, 3.05) is 6.54 Å². The molecule has 0 aliphatic heterocycles. The van der Waals surface area contributed by atoms with E-state index in [1.807, 2.05) is 6.92 Å². The average molecular weight is 265 g/mol. The van der Waals surface area contributed by atoms with Gasteiger partial charge in [-0.1, -0.05) is 18.3 Å². The molecular weight excluding hydrogens is 249 g/mol. The van der Waals surface area contributed by atoms with Crippen LogP contribution in [0.2, 0.25) is 0 Å². The summed E-state index contributed by atoms with van der Waals surface area (Å²) in [5.74, 6) is -0.217. The highest BCUT2D eigenvalue weighted by Gasteiger charge is 2.09. The van der Waals surface area contributed by atoms with Crippen LogP contribution >= 0.6 is 11.3 Å². The van der Waals surface area contributed by atoms with E-state index in [4.69, 9.17) is 0 Å². The van der Waals surface area contributed by atoms with Crippen LogP contribution in [0.5, 0.6) is 0 Å². The van der Waals surface area contributed by atoms with E-state index in [0.717, 1.165) is 40.7 Å². The Balaban J connectivity index is 2.13. The highest BCUT2D eigenvalue weighted by atomic mass is 32.1. The molecule has 1 heterocycles. The fourth-order valence-corrected chi connectivity index (χ4v) is 2.57. The monoisotopic (exact) mass is 265 g/mol. The van der Waals surface area contributed by atoms with Gasteiger partial charge in [0.25, 0.3) is 0 Å². The molecule has 3 nitrogen and oxygen atoms in total. The van der Waals surface area contributed by atoms with Crippen molar-refractivity contribution in [3.8, 4) is 10.6 Å². The van der Waals surface area contributed by atoms with Gasteiger partial charge in [-0.3, -0.25) is 0 Å². The van der Waals surface area contributed by atoms with Gasteiger partial charge in [-0.2, -0.15) is 0 Å². The van der Waals surface area contributed by atoms with E-state index >= 15 is 0 Å². The van der Waals surface area contributed by atoms with Gasteiger partial charge in [-0.05, 0) is 43.7 Å². The minimum atomic E-state index is -0.217. The van der Waals surface area contributed by atoms with Crippen LogP contribution in [0.15, 0.2) is 18.2 Å². The molecule has 0 bridgehead atoms. The number of nitrogens with one attached hydrogen (secondary N) is 1. The maximum Gasteiger partial charge on any atom is 0.148 e. The molecule has 2 aromatic rings. The summed E-state index contributed by atoms with van der Waals surface area (Å²) in [6.07, 6.45) is 1.10. The van der Waals surface area contributed by atoms with Gasteiger partial charge in [-0.25, -0.2) is 4.39 Å². The van der Waals surface area contributed by atoms with E-state index in [9.17, 15) is 4.39 Å². The molecule has 0 unspecified atom stereocenters. The van der Waals surface area contributed by atoms with Crippen LogP contribution in [-0.4, -0.2) is 16.7 Å². The first-order valence-corrected chi connectivity index (χ1v) is 6.82. The lowest BCUT2D eigenvalue weighted by Crippen LogP contribution is -2.13. The van der Waals surface area contributed by atoms with Crippen LogP contribution in [0, 0.1) is 12.7 Å². The van der Waals surface area contributed by atoms with Gasteiger partial charge in [0, 0.05) is 12.1 Å². The average Bonchev–Trinajstić information content (AvgIpc) is 2.78. The van der Waals surface area contributed by atoms with Gasteiger partial charge in [-0.15, -0.1) is 10.2 Å². The Morgan fingerprint density at radius 1 is 1.33 bits per heavy atom. The SMILES string of the molecule is CCCNCc1nnc(-c2ccc(F)cc2C)s1. The minimum absolute atomic E-state index is 0.217.